The van der Waals surface area contributed by atoms with Crippen LogP contribution in [0.1, 0.15) is 23.0 Å². The van der Waals surface area contributed by atoms with Crippen molar-refractivity contribution in [2.24, 2.45) is 7.05 Å². The van der Waals surface area contributed by atoms with Crippen molar-refractivity contribution in [3.05, 3.63) is 17.5 Å². The van der Waals surface area contributed by atoms with Gasteiger partial charge in [-0.15, -0.1) is 0 Å². The molecular formula is C10H15N3O4. The van der Waals surface area contributed by atoms with E-state index in [4.69, 9.17) is 5.11 Å². The number of nitrogens with zero attached hydrogens (tertiary/aromatic N) is 2. The van der Waals surface area contributed by atoms with E-state index in [1.807, 2.05) is 0 Å². The molecule has 1 aromatic heterocycles. The molecule has 2 atom stereocenters. The van der Waals surface area contributed by atoms with Gasteiger partial charge in [-0.05, 0) is 13.8 Å². The fourth-order valence-electron chi connectivity index (χ4n) is 1.33. The van der Waals surface area contributed by atoms with Crippen molar-refractivity contribution < 1.29 is 19.8 Å². The lowest BCUT2D eigenvalue weighted by atomic mass is 10.1. The number of carboxylic acid groups (broad SMARTS) is 1. The highest BCUT2D eigenvalue weighted by Gasteiger charge is 2.26. The van der Waals surface area contributed by atoms with Gasteiger partial charge in [-0.2, -0.15) is 5.10 Å². The molecule has 0 fully saturated rings. The van der Waals surface area contributed by atoms with E-state index in [2.05, 4.69) is 10.4 Å². The molecule has 0 unspecified atom stereocenters. The topological polar surface area (TPSA) is 104 Å². The van der Waals surface area contributed by atoms with Gasteiger partial charge in [0.2, 0.25) is 0 Å². The number of carbonyl (C=O) groups is 2. The molecule has 1 aromatic rings. The Labute approximate surface area is 98.1 Å². The van der Waals surface area contributed by atoms with Gasteiger partial charge in [0.1, 0.15) is 0 Å². The molecule has 7 heteroatoms. The molecule has 3 N–H and O–H groups in total. The van der Waals surface area contributed by atoms with Crippen molar-refractivity contribution in [3.63, 3.8) is 0 Å². The molecule has 0 saturated carbocycles. The quantitative estimate of drug-likeness (QED) is 0.646. The van der Waals surface area contributed by atoms with Crippen LogP contribution in [0.25, 0.3) is 0 Å². The second-order valence-corrected chi connectivity index (χ2v) is 3.80. The summed E-state index contributed by atoms with van der Waals surface area (Å²) in [5, 5.41) is 24.2. The molecule has 94 valence electrons. The third-order valence-electron chi connectivity index (χ3n) is 2.51. The van der Waals surface area contributed by atoms with Gasteiger partial charge in [0.25, 0.3) is 5.91 Å². The maximum Gasteiger partial charge on any atom is 0.328 e. The van der Waals surface area contributed by atoms with Crippen molar-refractivity contribution in [1.82, 2.24) is 15.1 Å². The molecule has 0 bridgehead atoms. The lowest BCUT2D eigenvalue weighted by molar-refractivity contribution is -0.141. The van der Waals surface area contributed by atoms with Crippen LogP contribution in [0.3, 0.4) is 0 Å². The number of aromatic nitrogens is 2. The van der Waals surface area contributed by atoms with Gasteiger partial charge in [0.15, 0.2) is 6.04 Å². The van der Waals surface area contributed by atoms with E-state index >= 15 is 0 Å². The number of carboxylic acids is 1. The molecule has 0 radical (unpaired) electrons. The number of nitrogens with one attached hydrogen (secondary N) is 1. The molecule has 0 spiro atoms. The maximum absolute atomic E-state index is 11.8. The van der Waals surface area contributed by atoms with E-state index in [9.17, 15) is 14.7 Å². The van der Waals surface area contributed by atoms with Gasteiger partial charge in [-0.25, -0.2) is 4.79 Å². The van der Waals surface area contributed by atoms with Gasteiger partial charge in [-0.1, -0.05) is 0 Å². The van der Waals surface area contributed by atoms with Crippen molar-refractivity contribution in [1.29, 1.82) is 0 Å². The highest BCUT2D eigenvalue weighted by atomic mass is 16.4. The van der Waals surface area contributed by atoms with Crippen molar-refractivity contribution in [3.8, 4) is 0 Å². The molecule has 7 nitrogen and oxygen atoms in total. The molecule has 0 aromatic carbocycles. The zero-order chi connectivity index (χ0) is 13.2. The monoisotopic (exact) mass is 241 g/mol. The van der Waals surface area contributed by atoms with Crippen LogP contribution in [-0.4, -0.2) is 44.0 Å². The average molecular weight is 241 g/mol. The molecule has 0 aliphatic rings. The van der Waals surface area contributed by atoms with E-state index in [1.54, 1.807) is 14.0 Å². The molecule has 1 amide bonds. The molecule has 1 heterocycles. The van der Waals surface area contributed by atoms with Gasteiger partial charge < -0.3 is 15.5 Å². The Morgan fingerprint density at radius 1 is 1.53 bits per heavy atom. The summed E-state index contributed by atoms with van der Waals surface area (Å²) in [6.07, 6.45) is 0.180. The minimum Gasteiger partial charge on any atom is -0.480 e. The highest BCUT2D eigenvalue weighted by Crippen LogP contribution is 2.06. The number of aryl methyl sites for hydroxylation is 1. The van der Waals surface area contributed by atoms with E-state index < -0.39 is 24.0 Å². The Balaban J connectivity index is 2.85. The molecule has 17 heavy (non-hydrogen) atoms. The predicted molar refractivity (Wildman–Crippen MR) is 58.5 cm³/mol. The van der Waals surface area contributed by atoms with E-state index in [0.29, 0.717) is 11.3 Å². The summed E-state index contributed by atoms with van der Waals surface area (Å²) < 4.78 is 1.51. The smallest absolute Gasteiger partial charge is 0.328 e. The number of hydrogen-bond donors (Lipinski definition) is 3. The van der Waals surface area contributed by atoms with Gasteiger partial charge >= 0.3 is 5.97 Å². The maximum atomic E-state index is 11.8. The summed E-state index contributed by atoms with van der Waals surface area (Å²) in [5.74, 6) is -1.85. The first kappa shape index (κ1) is 13.2. The van der Waals surface area contributed by atoms with Gasteiger partial charge in [0.05, 0.1) is 17.9 Å². The SMILES string of the molecule is Cc1c(C(=O)N[C@H](C(=O)O)[C@@H](C)O)cnn1C. The first-order valence-electron chi connectivity index (χ1n) is 5.05. The van der Waals surface area contributed by atoms with Crippen LogP contribution in [-0.2, 0) is 11.8 Å². The second-order valence-electron chi connectivity index (χ2n) is 3.80. The third kappa shape index (κ3) is 2.82. The molecule has 0 aliphatic heterocycles. The fourth-order valence-corrected chi connectivity index (χ4v) is 1.33. The van der Waals surface area contributed by atoms with Crippen LogP contribution in [0.4, 0.5) is 0 Å². The number of amides is 1. The van der Waals surface area contributed by atoms with E-state index in [1.165, 1.54) is 17.8 Å². The normalized spacial score (nSPS) is 14.1. The zero-order valence-corrected chi connectivity index (χ0v) is 9.84. The Morgan fingerprint density at radius 3 is 2.47 bits per heavy atom. The summed E-state index contributed by atoms with van der Waals surface area (Å²) in [4.78, 5) is 22.6. The molecule has 0 aliphatic carbocycles. The van der Waals surface area contributed by atoms with E-state index in [-0.39, 0.29) is 0 Å². The zero-order valence-electron chi connectivity index (χ0n) is 9.84. The van der Waals surface area contributed by atoms with Crippen molar-refractivity contribution >= 4 is 11.9 Å². The Kier molecular flexibility index (Phi) is 3.84. The number of aliphatic hydroxyl groups excluding tert-OH is 1. The number of aliphatic carboxylic acids is 1. The summed E-state index contributed by atoms with van der Waals surface area (Å²) in [6, 6.07) is -1.33. The lowest BCUT2D eigenvalue weighted by Crippen LogP contribution is -2.47. The fraction of sp³-hybridized carbons (Fsp3) is 0.500. The van der Waals surface area contributed by atoms with Crippen LogP contribution in [0.2, 0.25) is 0 Å². The molecule has 0 saturated heterocycles. The Bertz CT molecular complexity index is 439. The van der Waals surface area contributed by atoms with Gasteiger partial charge in [-0.3, -0.25) is 9.48 Å². The van der Waals surface area contributed by atoms with Crippen molar-refractivity contribution in [2.45, 2.75) is 26.0 Å². The minimum absolute atomic E-state index is 0.291. The van der Waals surface area contributed by atoms with Gasteiger partial charge in [0, 0.05) is 12.7 Å². The first-order chi connectivity index (χ1) is 7.84. The largest absolute Gasteiger partial charge is 0.480 e. The standard InChI is InChI=1S/C10H15N3O4/c1-5-7(4-11-13(5)3)9(15)12-8(6(2)14)10(16)17/h4,6,8,14H,1-3H3,(H,12,15)(H,16,17)/t6-,8+/m1/s1. The predicted octanol–water partition coefficient (Wildman–Crippen LogP) is -0.708. The summed E-state index contributed by atoms with van der Waals surface area (Å²) in [6.45, 7) is 3.00. The summed E-state index contributed by atoms with van der Waals surface area (Å²) >= 11 is 0. The first-order valence-corrected chi connectivity index (χ1v) is 5.05. The minimum atomic E-state index is -1.33. The third-order valence-corrected chi connectivity index (χ3v) is 2.51. The molecular weight excluding hydrogens is 226 g/mol. The average Bonchev–Trinajstić information content (AvgIpc) is 2.55. The van der Waals surface area contributed by atoms with Crippen LogP contribution in [0.15, 0.2) is 6.20 Å². The van der Waals surface area contributed by atoms with Crippen LogP contribution < -0.4 is 5.32 Å². The van der Waals surface area contributed by atoms with E-state index in [0.717, 1.165) is 0 Å². The number of hydrogen-bond acceptors (Lipinski definition) is 4. The summed E-state index contributed by atoms with van der Waals surface area (Å²) in [5.41, 5.74) is 0.914. The van der Waals surface area contributed by atoms with Crippen LogP contribution in [0.5, 0.6) is 0 Å². The second kappa shape index (κ2) is 4.96. The Hall–Kier alpha value is -1.89. The van der Waals surface area contributed by atoms with Crippen LogP contribution >= 0.6 is 0 Å². The number of carbonyl (C=O) groups excluding carboxylic acids is 1. The van der Waals surface area contributed by atoms with Crippen LogP contribution in [0, 0.1) is 6.92 Å². The molecule has 1 rings (SSSR count). The lowest BCUT2D eigenvalue weighted by Gasteiger charge is -2.16. The highest BCUT2D eigenvalue weighted by molar-refractivity contribution is 5.97. The number of rotatable bonds is 4. The number of aliphatic hydroxyl groups is 1. The Morgan fingerprint density at radius 2 is 2.12 bits per heavy atom. The summed E-state index contributed by atoms with van der Waals surface area (Å²) in [7, 11) is 1.68. The van der Waals surface area contributed by atoms with Crippen molar-refractivity contribution in [2.75, 3.05) is 0 Å².